The number of amides is 1. The fourth-order valence-electron chi connectivity index (χ4n) is 3.44. The second-order valence-corrected chi connectivity index (χ2v) is 7.05. The van der Waals surface area contributed by atoms with E-state index in [1.165, 1.54) is 0 Å². The van der Waals surface area contributed by atoms with Crippen LogP contribution in [0.25, 0.3) is 0 Å². The highest BCUT2D eigenvalue weighted by molar-refractivity contribution is 6.30. The number of β-amino-alcohol motifs (C(OH)–C–C–N with tert-alkyl or cyclic N) is 2. The lowest BCUT2D eigenvalue weighted by Crippen LogP contribution is -2.60. The van der Waals surface area contributed by atoms with E-state index in [1.807, 2.05) is 0 Å². The highest BCUT2D eigenvalue weighted by Crippen LogP contribution is 2.26. The number of piperidine rings is 1. The van der Waals surface area contributed by atoms with E-state index in [-0.39, 0.29) is 12.5 Å². The van der Waals surface area contributed by atoms with Crippen molar-refractivity contribution in [2.45, 2.75) is 31.0 Å². The third-order valence-electron chi connectivity index (χ3n) is 4.90. The maximum Gasteiger partial charge on any atom is 0.253 e. The predicted octanol–water partition coefficient (Wildman–Crippen LogP) is 1.37. The van der Waals surface area contributed by atoms with Crippen molar-refractivity contribution in [3.05, 3.63) is 34.9 Å². The molecule has 0 bridgehead atoms. The lowest BCUT2D eigenvalue weighted by atomic mass is 9.87. The standard InChI is InChI=1S/C17H23ClN2O3/c18-14-5-3-13(4-6-14)16(22)20-10-7-17(23,15(21)11-20)12-19-8-1-2-9-19/h3-6,15,21,23H,1-2,7-12H2/t15-,17-/m0/s1. The molecule has 126 valence electrons. The van der Waals surface area contributed by atoms with E-state index in [0.717, 1.165) is 25.9 Å². The second kappa shape index (κ2) is 6.77. The normalized spacial score (nSPS) is 29.0. The number of carbonyl (C=O) groups is 1. The Kier molecular flexibility index (Phi) is 4.92. The van der Waals surface area contributed by atoms with Crippen LogP contribution < -0.4 is 0 Å². The SMILES string of the molecule is O=C(c1ccc(Cl)cc1)N1CC[C@](O)(CN2CCCC2)[C@@H](O)C1. The molecule has 2 fully saturated rings. The van der Waals surface area contributed by atoms with Crippen LogP contribution in [0.15, 0.2) is 24.3 Å². The van der Waals surface area contributed by atoms with Gasteiger partial charge in [0.1, 0.15) is 11.7 Å². The largest absolute Gasteiger partial charge is 0.388 e. The number of aliphatic hydroxyl groups is 2. The minimum absolute atomic E-state index is 0.135. The van der Waals surface area contributed by atoms with Crippen LogP contribution in [0.3, 0.4) is 0 Å². The third-order valence-corrected chi connectivity index (χ3v) is 5.15. The van der Waals surface area contributed by atoms with E-state index >= 15 is 0 Å². The van der Waals surface area contributed by atoms with Gasteiger partial charge in [0, 0.05) is 30.2 Å². The molecule has 0 radical (unpaired) electrons. The van der Waals surface area contributed by atoms with E-state index in [9.17, 15) is 15.0 Å². The van der Waals surface area contributed by atoms with E-state index in [0.29, 0.717) is 30.1 Å². The van der Waals surface area contributed by atoms with Crippen LogP contribution in [0.4, 0.5) is 0 Å². The van der Waals surface area contributed by atoms with Crippen molar-refractivity contribution in [2.24, 2.45) is 0 Å². The summed E-state index contributed by atoms with van der Waals surface area (Å²) in [5.41, 5.74) is -0.576. The Balaban J connectivity index is 1.63. The molecular formula is C17H23ClN2O3. The molecule has 1 aromatic rings. The number of benzene rings is 1. The number of hydrogen-bond donors (Lipinski definition) is 2. The monoisotopic (exact) mass is 338 g/mol. The molecule has 3 rings (SSSR count). The molecule has 1 aromatic carbocycles. The van der Waals surface area contributed by atoms with Crippen LogP contribution in [0, 0.1) is 0 Å². The summed E-state index contributed by atoms with van der Waals surface area (Å²) in [6.07, 6.45) is 1.76. The van der Waals surface area contributed by atoms with Gasteiger partial charge >= 0.3 is 0 Å². The number of aliphatic hydroxyl groups excluding tert-OH is 1. The molecule has 2 atom stereocenters. The van der Waals surface area contributed by atoms with Gasteiger partial charge in [0.15, 0.2) is 0 Å². The van der Waals surface area contributed by atoms with Crippen molar-refractivity contribution in [2.75, 3.05) is 32.7 Å². The number of likely N-dealkylation sites (tertiary alicyclic amines) is 2. The first-order chi connectivity index (χ1) is 11.0. The zero-order valence-electron chi connectivity index (χ0n) is 13.1. The molecule has 0 aliphatic carbocycles. The minimum Gasteiger partial charge on any atom is -0.388 e. The summed E-state index contributed by atoms with van der Waals surface area (Å²) in [5.74, 6) is -0.135. The average molecular weight is 339 g/mol. The zero-order chi connectivity index (χ0) is 16.4. The molecule has 2 aliphatic heterocycles. The van der Waals surface area contributed by atoms with Crippen LogP contribution >= 0.6 is 11.6 Å². The Morgan fingerprint density at radius 2 is 1.87 bits per heavy atom. The van der Waals surface area contributed by atoms with E-state index in [2.05, 4.69) is 4.90 Å². The van der Waals surface area contributed by atoms with Gasteiger partial charge in [-0.3, -0.25) is 4.79 Å². The highest BCUT2D eigenvalue weighted by atomic mass is 35.5. The van der Waals surface area contributed by atoms with Crippen molar-refractivity contribution in [3.8, 4) is 0 Å². The fraction of sp³-hybridized carbons (Fsp3) is 0.588. The first-order valence-electron chi connectivity index (χ1n) is 8.16. The molecule has 0 unspecified atom stereocenters. The summed E-state index contributed by atoms with van der Waals surface area (Å²) in [6, 6.07) is 6.72. The van der Waals surface area contributed by atoms with Crippen molar-refractivity contribution >= 4 is 17.5 Å². The van der Waals surface area contributed by atoms with Crippen LogP contribution in [0.1, 0.15) is 29.6 Å². The molecule has 0 aromatic heterocycles. The summed E-state index contributed by atoms with van der Waals surface area (Å²) in [4.78, 5) is 16.3. The molecule has 2 aliphatic rings. The molecule has 2 heterocycles. The molecule has 23 heavy (non-hydrogen) atoms. The molecule has 5 nitrogen and oxygen atoms in total. The first kappa shape index (κ1) is 16.7. The summed E-state index contributed by atoms with van der Waals surface area (Å²) in [5, 5.41) is 21.8. The van der Waals surface area contributed by atoms with Gasteiger partial charge in [-0.05, 0) is 56.6 Å². The quantitative estimate of drug-likeness (QED) is 0.874. The van der Waals surface area contributed by atoms with Gasteiger partial charge in [0.25, 0.3) is 5.91 Å². The van der Waals surface area contributed by atoms with Crippen LogP contribution in [0.5, 0.6) is 0 Å². The molecule has 0 saturated carbocycles. The lowest BCUT2D eigenvalue weighted by molar-refractivity contribution is -0.123. The maximum atomic E-state index is 12.5. The average Bonchev–Trinajstić information content (AvgIpc) is 3.03. The summed E-state index contributed by atoms with van der Waals surface area (Å²) >= 11 is 5.84. The lowest BCUT2D eigenvalue weighted by Gasteiger charge is -2.43. The van der Waals surface area contributed by atoms with Gasteiger partial charge in [-0.25, -0.2) is 0 Å². The van der Waals surface area contributed by atoms with Crippen molar-refractivity contribution in [1.82, 2.24) is 9.80 Å². The number of hydrogen-bond acceptors (Lipinski definition) is 4. The molecule has 0 spiro atoms. The smallest absolute Gasteiger partial charge is 0.253 e. The van der Waals surface area contributed by atoms with Gasteiger partial charge in [-0.2, -0.15) is 0 Å². The number of carbonyl (C=O) groups excluding carboxylic acids is 1. The van der Waals surface area contributed by atoms with E-state index in [4.69, 9.17) is 11.6 Å². The summed E-state index contributed by atoms with van der Waals surface area (Å²) in [6.45, 7) is 3.04. The Labute approximate surface area is 141 Å². The Morgan fingerprint density at radius 3 is 2.48 bits per heavy atom. The van der Waals surface area contributed by atoms with Gasteiger partial charge < -0.3 is 20.0 Å². The summed E-state index contributed by atoms with van der Waals surface area (Å²) < 4.78 is 0. The first-order valence-corrected chi connectivity index (χ1v) is 8.53. The fourth-order valence-corrected chi connectivity index (χ4v) is 3.56. The molecule has 2 N–H and O–H groups in total. The highest BCUT2D eigenvalue weighted by Gasteiger charge is 2.43. The molecule has 1 amide bonds. The van der Waals surface area contributed by atoms with E-state index in [1.54, 1.807) is 29.2 Å². The molecular weight excluding hydrogens is 316 g/mol. The van der Waals surface area contributed by atoms with Gasteiger partial charge in [0.2, 0.25) is 0 Å². The number of rotatable bonds is 3. The minimum atomic E-state index is -1.12. The zero-order valence-corrected chi connectivity index (χ0v) is 13.9. The second-order valence-electron chi connectivity index (χ2n) is 6.61. The predicted molar refractivity (Wildman–Crippen MR) is 88.6 cm³/mol. The number of halogens is 1. The van der Waals surface area contributed by atoms with Crippen LogP contribution in [0.2, 0.25) is 5.02 Å². The Bertz CT molecular complexity index is 559. The van der Waals surface area contributed by atoms with Crippen LogP contribution in [-0.4, -0.2) is 70.3 Å². The molecule has 2 saturated heterocycles. The van der Waals surface area contributed by atoms with Crippen LogP contribution in [-0.2, 0) is 0 Å². The maximum absolute atomic E-state index is 12.5. The number of nitrogens with zero attached hydrogens (tertiary/aromatic N) is 2. The van der Waals surface area contributed by atoms with Crippen molar-refractivity contribution < 1.29 is 15.0 Å². The van der Waals surface area contributed by atoms with Gasteiger partial charge in [-0.15, -0.1) is 0 Å². The molecule has 6 heteroatoms. The Hall–Kier alpha value is -1.14. The topological polar surface area (TPSA) is 64.0 Å². The Morgan fingerprint density at radius 1 is 1.22 bits per heavy atom. The van der Waals surface area contributed by atoms with Crippen molar-refractivity contribution in [1.29, 1.82) is 0 Å². The van der Waals surface area contributed by atoms with E-state index < -0.39 is 11.7 Å². The van der Waals surface area contributed by atoms with Gasteiger partial charge in [0.05, 0.1) is 0 Å². The van der Waals surface area contributed by atoms with Crippen molar-refractivity contribution in [3.63, 3.8) is 0 Å². The summed E-state index contributed by atoms with van der Waals surface area (Å²) in [7, 11) is 0. The third kappa shape index (κ3) is 3.69. The van der Waals surface area contributed by atoms with Gasteiger partial charge in [-0.1, -0.05) is 11.6 Å².